The highest BCUT2D eigenvalue weighted by atomic mass is 16.3. The fourth-order valence-corrected chi connectivity index (χ4v) is 1.46. The van der Waals surface area contributed by atoms with E-state index >= 15 is 0 Å². The Labute approximate surface area is 92.1 Å². The van der Waals surface area contributed by atoms with Crippen LogP contribution in [0.25, 0.3) is 0 Å². The van der Waals surface area contributed by atoms with Gasteiger partial charge in [-0.1, -0.05) is 13.8 Å². The summed E-state index contributed by atoms with van der Waals surface area (Å²) < 4.78 is 2.01. The van der Waals surface area contributed by atoms with Crippen LogP contribution in [-0.2, 0) is 6.42 Å². The van der Waals surface area contributed by atoms with Gasteiger partial charge in [0.2, 0.25) is 0 Å². The highest BCUT2D eigenvalue weighted by Crippen LogP contribution is 2.11. The number of hydrogen-bond donors (Lipinski definition) is 1. The molecule has 1 rings (SSSR count). The molecule has 15 heavy (non-hydrogen) atoms. The molecule has 1 aromatic rings. The van der Waals surface area contributed by atoms with E-state index in [9.17, 15) is 5.11 Å². The molecule has 0 fully saturated rings. The van der Waals surface area contributed by atoms with Gasteiger partial charge in [-0.15, -0.1) is 0 Å². The molecule has 0 aliphatic heterocycles. The Balaban J connectivity index is 2.46. The van der Waals surface area contributed by atoms with E-state index in [-0.39, 0.29) is 6.10 Å². The molecule has 1 N–H and O–H groups in total. The van der Waals surface area contributed by atoms with Gasteiger partial charge in [0.05, 0.1) is 11.8 Å². The van der Waals surface area contributed by atoms with Gasteiger partial charge in [-0.05, 0) is 38.7 Å². The molecule has 1 aromatic heterocycles. The molecule has 3 heteroatoms. The van der Waals surface area contributed by atoms with Crippen LogP contribution in [0.15, 0.2) is 12.3 Å². The average molecular weight is 210 g/mol. The first-order valence-electron chi connectivity index (χ1n) is 5.89. The number of aliphatic hydroxyl groups excluding tert-OH is 1. The zero-order chi connectivity index (χ0) is 11.3. The Morgan fingerprint density at radius 1 is 1.40 bits per heavy atom. The summed E-state index contributed by atoms with van der Waals surface area (Å²) in [5.74, 6) is 0. The van der Waals surface area contributed by atoms with Crippen LogP contribution in [0.1, 0.15) is 51.8 Å². The summed E-state index contributed by atoms with van der Waals surface area (Å²) in [6.45, 7) is 6.33. The molecule has 0 aliphatic rings. The van der Waals surface area contributed by atoms with E-state index < -0.39 is 0 Å². The van der Waals surface area contributed by atoms with Gasteiger partial charge in [0.15, 0.2) is 0 Å². The number of aryl methyl sites for hydroxylation is 1. The molecule has 2 unspecified atom stereocenters. The number of aliphatic hydroxyl groups is 1. The Kier molecular flexibility index (Phi) is 4.82. The first-order valence-corrected chi connectivity index (χ1v) is 5.89. The van der Waals surface area contributed by atoms with Crippen molar-refractivity contribution in [3.63, 3.8) is 0 Å². The maximum atomic E-state index is 9.45. The van der Waals surface area contributed by atoms with Crippen molar-refractivity contribution in [1.29, 1.82) is 0 Å². The summed E-state index contributed by atoms with van der Waals surface area (Å²) in [6, 6.07) is 2.52. The lowest BCUT2D eigenvalue weighted by atomic mass is 10.1. The van der Waals surface area contributed by atoms with Gasteiger partial charge in [-0.25, -0.2) is 0 Å². The molecular weight excluding hydrogens is 188 g/mol. The van der Waals surface area contributed by atoms with Crippen LogP contribution in [0.4, 0.5) is 0 Å². The van der Waals surface area contributed by atoms with Gasteiger partial charge in [0, 0.05) is 12.2 Å². The number of hydrogen-bond acceptors (Lipinski definition) is 2. The molecule has 0 bridgehead atoms. The fraction of sp³-hybridized carbons (Fsp3) is 0.750. The lowest BCUT2D eigenvalue weighted by Gasteiger charge is -2.08. The molecule has 86 valence electrons. The maximum absolute atomic E-state index is 9.45. The topological polar surface area (TPSA) is 38.0 Å². The number of aromatic nitrogens is 2. The third-order valence-electron chi connectivity index (χ3n) is 2.91. The van der Waals surface area contributed by atoms with Crippen molar-refractivity contribution in [2.24, 2.45) is 0 Å². The van der Waals surface area contributed by atoms with E-state index in [4.69, 9.17) is 0 Å². The summed E-state index contributed by atoms with van der Waals surface area (Å²) in [5, 5.41) is 13.9. The highest BCUT2D eigenvalue weighted by molar-refractivity contribution is 5.00. The molecule has 0 aromatic carbocycles. The molecule has 0 amide bonds. The van der Waals surface area contributed by atoms with E-state index in [1.165, 1.54) is 0 Å². The Morgan fingerprint density at radius 3 is 2.73 bits per heavy atom. The van der Waals surface area contributed by atoms with Crippen LogP contribution in [-0.4, -0.2) is 21.0 Å². The SMILES string of the molecule is CCC(O)CCc1ccn(C(C)CC)n1. The van der Waals surface area contributed by atoms with Crippen LogP contribution in [0.5, 0.6) is 0 Å². The number of nitrogens with zero attached hydrogens (tertiary/aromatic N) is 2. The second-order valence-corrected chi connectivity index (χ2v) is 4.15. The van der Waals surface area contributed by atoms with E-state index in [2.05, 4.69) is 25.0 Å². The monoisotopic (exact) mass is 210 g/mol. The molecule has 0 saturated carbocycles. The van der Waals surface area contributed by atoms with Gasteiger partial charge in [0.1, 0.15) is 0 Å². The zero-order valence-electron chi connectivity index (χ0n) is 9.98. The molecule has 0 saturated heterocycles. The summed E-state index contributed by atoms with van der Waals surface area (Å²) >= 11 is 0. The van der Waals surface area contributed by atoms with Gasteiger partial charge >= 0.3 is 0 Å². The summed E-state index contributed by atoms with van der Waals surface area (Å²) in [4.78, 5) is 0. The Bertz CT molecular complexity index is 283. The molecular formula is C12H22N2O. The normalized spacial score (nSPS) is 15.2. The third kappa shape index (κ3) is 3.67. The smallest absolute Gasteiger partial charge is 0.0625 e. The molecule has 0 radical (unpaired) electrons. The average Bonchev–Trinajstić information content (AvgIpc) is 2.73. The molecule has 3 nitrogen and oxygen atoms in total. The lowest BCUT2D eigenvalue weighted by molar-refractivity contribution is 0.160. The fourth-order valence-electron chi connectivity index (χ4n) is 1.46. The second kappa shape index (κ2) is 5.91. The van der Waals surface area contributed by atoms with Crippen molar-refractivity contribution in [3.8, 4) is 0 Å². The predicted octanol–water partition coefficient (Wildman–Crippen LogP) is 2.56. The van der Waals surface area contributed by atoms with Crippen LogP contribution in [0.3, 0.4) is 0 Å². The van der Waals surface area contributed by atoms with Crippen molar-refractivity contribution in [3.05, 3.63) is 18.0 Å². The Morgan fingerprint density at radius 2 is 2.13 bits per heavy atom. The largest absolute Gasteiger partial charge is 0.393 e. The van der Waals surface area contributed by atoms with Gasteiger partial charge in [-0.3, -0.25) is 4.68 Å². The Hall–Kier alpha value is -0.830. The van der Waals surface area contributed by atoms with Crippen LogP contribution in [0, 0.1) is 0 Å². The van der Waals surface area contributed by atoms with Crippen LogP contribution >= 0.6 is 0 Å². The minimum absolute atomic E-state index is 0.182. The van der Waals surface area contributed by atoms with Crippen molar-refractivity contribution in [2.75, 3.05) is 0 Å². The first-order chi connectivity index (χ1) is 7.17. The lowest BCUT2D eigenvalue weighted by Crippen LogP contribution is -2.07. The van der Waals surface area contributed by atoms with Gasteiger partial charge in [0.25, 0.3) is 0 Å². The highest BCUT2D eigenvalue weighted by Gasteiger charge is 2.06. The second-order valence-electron chi connectivity index (χ2n) is 4.15. The van der Waals surface area contributed by atoms with Gasteiger partial charge < -0.3 is 5.11 Å². The quantitative estimate of drug-likeness (QED) is 0.783. The third-order valence-corrected chi connectivity index (χ3v) is 2.91. The van der Waals surface area contributed by atoms with E-state index in [0.717, 1.165) is 31.4 Å². The van der Waals surface area contributed by atoms with E-state index in [1.807, 2.05) is 17.8 Å². The van der Waals surface area contributed by atoms with Crippen molar-refractivity contribution < 1.29 is 5.11 Å². The van der Waals surface area contributed by atoms with Crippen molar-refractivity contribution in [1.82, 2.24) is 9.78 Å². The predicted molar refractivity (Wildman–Crippen MR) is 61.8 cm³/mol. The summed E-state index contributed by atoms with van der Waals surface area (Å²) in [6.07, 6.45) is 5.46. The summed E-state index contributed by atoms with van der Waals surface area (Å²) in [5.41, 5.74) is 1.09. The van der Waals surface area contributed by atoms with Crippen molar-refractivity contribution in [2.45, 2.75) is 58.6 Å². The van der Waals surface area contributed by atoms with E-state index in [1.54, 1.807) is 0 Å². The minimum atomic E-state index is -0.182. The molecule has 1 heterocycles. The van der Waals surface area contributed by atoms with E-state index in [0.29, 0.717) is 6.04 Å². The molecule has 0 spiro atoms. The summed E-state index contributed by atoms with van der Waals surface area (Å²) in [7, 11) is 0. The maximum Gasteiger partial charge on any atom is 0.0625 e. The van der Waals surface area contributed by atoms with Gasteiger partial charge in [-0.2, -0.15) is 5.10 Å². The molecule has 0 aliphatic carbocycles. The zero-order valence-corrected chi connectivity index (χ0v) is 9.98. The molecule has 2 atom stereocenters. The first kappa shape index (κ1) is 12.2. The van der Waals surface area contributed by atoms with Crippen LogP contribution in [0.2, 0.25) is 0 Å². The number of rotatable bonds is 6. The van der Waals surface area contributed by atoms with Crippen molar-refractivity contribution >= 4 is 0 Å². The standard InChI is InChI=1S/C12H22N2O/c1-4-10(3)14-9-8-11(13-14)6-7-12(15)5-2/h8-10,12,15H,4-7H2,1-3H3. The minimum Gasteiger partial charge on any atom is -0.393 e. The van der Waals surface area contributed by atoms with Crippen LogP contribution < -0.4 is 0 Å².